The van der Waals surface area contributed by atoms with Crippen LogP contribution in [0.1, 0.15) is 38.7 Å². The predicted molar refractivity (Wildman–Crippen MR) is 106 cm³/mol. The van der Waals surface area contributed by atoms with Crippen LogP contribution in [-0.2, 0) is 15.7 Å². The maximum atomic E-state index is 15.8. The van der Waals surface area contributed by atoms with Gasteiger partial charge in [0.25, 0.3) is 0 Å². The summed E-state index contributed by atoms with van der Waals surface area (Å²) in [6.45, 7) is 10.2. The normalized spacial score (nSPS) is 22.7. The first-order valence-corrected chi connectivity index (χ1v) is 10.6. The zero-order valence-corrected chi connectivity index (χ0v) is 16.3. The summed E-state index contributed by atoms with van der Waals surface area (Å²) in [6.07, 6.45) is 1.43. The SMILES string of the molecule is [C-]#[N+]c1ccc(-c2ccc([C@]3(F)CCC[C@@H]3NS(=O)(=O)C(C)C)cc2)cc1. The summed E-state index contributed by atoms with van der Waals surface area (Å²) in [5.41, 5.74) is 1.25. The van der Waals surface area contributed by atoms with Crippen LogP contribution >= 0.6 is 0 Å². The van der Waals surface area contributed by atoms with Crippen LogP contribution in [0.4, 0.5) is 10.1 Å². The lowest BCUT2D eigenvalue weighted by molar-refractivity contribution is 0.142. The second-order valence-corrected chi connectivity index (χ2v) is 9.52. The smallest absolute Gasteiger partial charge is 0.214 e. The van der Waals surface area contributed by atoms with Gasteiger partial charge in [-0.05, 0) is 49.8 Å². The van der Waals surface area contributed by atoms with Crippen LogP contribution in [0.3, 0.4) is 0 Å². The molecule has 0 bridgehead atoms. The van der Waals surface area contributed by atoms with Gasteiger partial charge in [-0.25, -0.2) is 22.4 Å². The van der Waals surface area contributed by atoms with Crippen molar-refractivity contribution < 1.29 is 12.8 Å². The minimum Gasteiger partial charge on any atom is -0.238 e. The van der Waals surface area contributed by atoms with E-state index in [0.29, 0.717) is 30.5 Å². The number of halogens is 1. The van der Waals surface area contributed by atoms with E-state index in [0.717, 1.165) is 11.1 Å². The van der Waals surface area contributed by atoms with Crippen LogP contribution in [0.5, 0.6) is 0 Å². The third kappa shape index (κ3) is 3.90. The van der Waals surface area contributed by atoms with Gasteiger partial charge in [0.05, 0.1) is 17.9 Å². The molecule has 0 aromatic heterocycles. The number of nitrogens with zero attached hydrogens (tertiary/aromatic N) is 1. The first-order chi connectivity index (χ1) is 12.8. The number of hydrogen-bond acceptors (Lipinski definition) is 2. The fourth-order valence-corrected chi connectivity index (χ4v) is 4.44. The van der Waals surface area contributed by atoms with Crippen LogP contribution in [0.2, 0.25) is 0 Å². The van der Waals surface area contributed by atoms with Crippen molar-refractivity contribution in [2.24, 2.45) is 0 Å². The molecule has 1 aliphatic rings. The molecule has 0 heterocycles. The van der Waals surface area contributed by atoms with Crippen molar-refractivity contribution in [1.29, 1.82) is 0 Å². The van der Waals surface area contributed by atoms with Crippen LogP contribution in [0, 0.1) is 6.57 Å². The maximum absolute atomic E-state index is 15.8. The van der Waals surface area contributed by atoms with E-state index in [-0.39, 0.29) is 0 Å². The minimum absolute atomic E-state index is 0.303. The molecule has 0 amide bonds. The van der Waals surface area contributed by atoms with Gasteiger partial charge in [0.15, 0.2) is 11.4 Å². The molecule has 3 rings (SSSR count). The monoisotopic (exact) mass is 386 g/mol. The van der Waals surface area contributed by atoms with Gasteiger partial charge in [-0.2, -0.15) is 0 Å². The van der Waals surface area contributed by atoms with Gasteiger partial charge in [-0.3, -0.25) is 0 Å². The Morgan fingerprint density at radius 3 is 2.19 bits per heavy atom. The Labute approximate surface area is 160 Å². The number of rotatable bonds is 5. The molecule has 1 aliphatic carbocycles. The predicted octanol–water partition coefficient (Wildman–Crippen LogP) is 4.95. The Balaban J connectivity index is 1.85. The summed E-state index contributed by atoms with van der Waals surface area (Å²) in [6, 6.07) is 13.6. The summed E-state index contributed by atoms with van der Waals surface area (Å²) >= 11 is 0. The molecule has 2 atom stereocenters. The standard InChI is InChI=1S/C21H23FN2O2S/c1-15(2)27(25,26)24-20-5-4-14-21(20,22)18-10-6-16(7-11-18)17-8-12-19(23-3)13-9-17/h6-13,15,20,24H,4-5,14H2,1-2H3/t20-,21+/m0/s1. The molecule has 2 aromatic rings. The third-order valence-electron chi connectivity index (χ3n) is 5.21. The first kappa shape index (κ1) is 19.5. The fraction of sp³-hybridized carbons (Fsp3) is 0.381. The molecule has 0 unspecified atom stereocenters. The molecular weight excluding hydrogens is 363 g/mol. The lowest BCUT2D eigenvalue weighted by Gasteiger charge is -2.29. The van der Waals surface area contributed by atoms with E-state index in [1.807, 2.05) is 24.3 Å². The van der Waals surface area contributed by atoms with Gasteiger partial charge in [-0.15, -0.1) is 0 Å². The quantitative estimate of drug-likeness (QED) is 0.739. The molecule has 0 saturated heterocycles. The Kier molecular flexibility index (Phi) is 5.36. The van der Waals surface area contributed by atoms with Gasteiger partial charge in [0.2, 0.25) is 10.0 Å². The van der Waals surface area contributed by atoms with E-state index < -0.39 is 27.0 Å². The Morgan fingerprint density at radius 2 is 1.67 bits per heavy atom. The number of nitrogens with one attached hydrogen (secondary N) is 1. The average Bonchev–Trinajstić information content (AvgIpc) is 3.03. The van der Waals surface area contributed by atoms with Gasteiger partial charge in [-0.1, -0.05) is 48.5 Å². The number of sulfonamides is 1. The highest BCUT2D eigenvalue weighted by Gasteiger charge is 2.46. The van der Waals surface area contributed by atoms with Crippen LogP contribution in [0.15, 0.2) is 48.5 Å². The molecule has 0 aliphatic heterocycles. The van der Waals surface area contributed by atoms with E-state index in [1.165, 1.54) is 0 Å². The number of alkyl halides is 1. The van der Waals surface area contributed by atoms with Crippen molar-refractivity contribution in [2.45, 2.75) is 50.1 Å². The summed E-state index contributed by atoms with van der Waals surface area (Å²) in [5, 5.41) is -0.594. The summed E-state index contributed by atoms with van der Waals surface area (Å²) in [4.78, 5) is 3.38. The second kappa shape index (κ2) is 7.41. The Bertz CT molecular complexity index is 947. The largest absolute Gasteiger partial charge is 0.238 e. The zero-order chi connectivity index (χ0) is 19.7. The van der Waals surface area contributed by atoms with E-state index in [1.54, 1.807) is 38.1 Å². The molecule has 1 N–H and O–H groups in total. The Hall–Kier alpha value is -2.23. The van der Waals surface area contributed by atoms with Crippen LogP contribution < -0.4 is 4.72 Å². The van der Waals surface area contributed by atoms with Crippen molar-refractivity contribution in [3.05, 3.63) is 65.5 Å². The summed E-state index contributed by atoms with van der Waals surface area (Å²) < 4.78 is 42.7. The molecule has 142 valence electrons. The molecular formula is C21H23FN2O2S. The molecule has 1 saturated carbocycles. The zero-order valence-electron chi connectivity index (χ0n) is 15.4. The second-order valence-electron chi connectivity index (χ2n) is 7.25. The number of benzene rings is 2. The highest BCUT2D eigenvalue weighted by molar-refractivity contribution is 7.90. The lowest BCUT2D eigenvalue weighted by atomic mass is 9.89. The van der Waals surface area contributed by atoms with E-state index in [2.05, 4.69) is 9.57 Å². The van der Waals surface area contributed by atoms with Gasteiger partial charge in [0.1, 0.15) is 0 Å². The molecule has 0 radical (unpaired) electrons. The van der Waals surface area contributed by atoms with Gasteiger partial charge >= 0.3 is 0 Å². The molecule has 2 aromatic carbocycles. The third-order valence-corrected chi connectivity index (χ3v) is 7.06. The molecule has 1 fully saturated rings. The van der Waals surface area contributed by atoms with Crippen LogP contribution in [-0.4, -0.2) is 19.7 Å². The van der Waals surface area contributed by atoms with Gasteiger partial charge < -0.3 is 0 Å². The van der Waals surface area contributed by atoms with Crippen molar-refractivity contribution in [3.8, 4) is 11.1 Å². The summed E-state index contributed by atoms with van der Waals surface area (Å²) in [5.74, 6) is 0. The highest BCUT2D eigenvalue weighted by atomic mass is 32.2. The Morgan fingerprint density at radius 1 is 1.11 bits per heavy atom. The van der Waals surface area contributed by atoms with E-state index in [4.69, 9.17) is 6.57 Å². The van der Waals surface area contributed by atoms with Crippen molar-refractivity contribution in [1.82, 2.24) is 4.72 Å². The van der Waals surface area contributed by atoms with Gasteiger partial charge in [0, 0.05) is 0 Å². The molecule has 0 spiro atoms. The first-order valence-electron chi connectivity index (χ1n) is 9.05. The van der Waals surface area contributed by atoms with E-state index in [9.17, 15) is 8.42 Å². The van der Waals surface area contributed by atoms with Crippen LogP contribution in [0.25, 0.3) is 16.0 Å². The minimum atomic E-state index is -3.53. The average molecular weight is 386 g/mol. The topological polar surface area (TPSA) is 50.5 Å². The molecule has 6 heteroatoms. The van der Waals surface area contributed by atoms with Crippen molar-refractivity contribution in [3.63, 3.8) is 0 Å². The van der Waals surface area contributed by atoms with Crippen molar-refractivity contribution in [2.75, 3.05) is 0 Å². The molecule has 4 nitrogen and oxygen atoms in total. The van der Waals surface area contributed by atoms with Crippen molar-refractivity contribution >= 4 is 15.7 Å². The number of hydrogen-bond donors (Lipinski definition) is 1. The highest BCUT2D eigenvalue weighted by Crippen LogP contribution is 2.43. The maximum Gasteiger partial charge on any atom is 0.214 e. The lowest BCUT2D eigenvalue weighted by Crippen LogP contribution is -2.46. The molecule has 27 heavy (non-hydrogen) atoms. The summed E-state index contributed by atoms with van der Waals surface area (Å²) in [7, 11) is -3.53. The van der Waals surface area contributed by atoms with E-state index >= 15 is 4.39 Å². The fourth-order valence-electron chi connectivity index (χ4n) is 3.47.